The van der Waals surface area contributed by atoms with E-state index in [1.54, 1.807) is 6.08 Å². The summed E-state index contributed by atoms with van der Waals surface area (Å²) >= 11 is 0. The highest BCUT2D eigenvalue weighted by atomic mass is 16.7. The normalized spacial score (nSPS) is 22.0. The van der Waals surface area contributed by atoms with Gasteiger partial charge in [0.25, 0.3) is 0 Å². The number of carbonyl (C=O) groups excluding carboxylic acids is 1. The average Bonchev–Trinajstić information content (AvgIpc) is 3.14. The Labute approximate surface area is 318 Å². The number of allylic oxidation sites excluding steroid dienone is 3. The molecule has 0 spiro atoms. The molecular weight excluding hydrogens is 658 g/mol. The van der Waals surface area contributed by atoms with E-state index < -0.39 is 49.5 Å². The number of aliphatic hydroxyl groups excluding tert-OH is 5. The third-order valence-electron chi connectivity index (χ3n) is 10.3. The fraction of sp³-hybridized carbons (Fsp3) is 0.884. The van der Waals surface area contributed by atoms with E-state index in [0.717, 1.165) is 44.9 Å². The van der Waals surface area contributed by atoms with Gasteiger partial charge < -0.3 is 40.3 Å². The number of ether oxygens (including phenoxy) is 2. The van der Waals surface area contributed by atoms with Crippen LogP contribution in [0.4, 0.5) is 0 Å². The molecule has 1 saturated heterocycles. The molecule has 0 aromatic rings. The van der Waals surface area contributed by atoms with Gasteiger partial charge in [-0.2, -0.15) is 0 Å². The molecule has 0 saturated carbocycles. The van der Waals surface area contributed by atoms with Crippen LogP contribution in [0.25, 0.3) is 0 Å². The van der Waals surface area contributed by atoms with Crippen molar-refractivity contribution < 1.29 is 39.8 Å². The lowest BCUT2D eigenvalue weighted by atomic mass is 9.99. The van der Waals surface area contributed by atoms with E-state index in [0.29, 0.717) is 6.42 Å². The van der Waals surface area contributed by atoms with Crippen molar-refractivity contribution in [3.8, 4) is 0 Å². The first-order valence-electron chi connectivity index (χ1n) is 21.6. The molecule has 1 aliphatic rings. The van der Waals surface area contributed by atoms with Crippen molar-refractivity contribution in [1.82, 2.24) is 5.32 Å². The van der Waals surface area contributed by atoms with Crippen molar-refractivity contribution in [2.45, 2.75) is 230 Å². The molecule has 0 aliphatic carbocycles. The van der Waals surface area contributed by atoms with Gasteiger partial charge in [0, 0.05) is 6.42 Å². The third-order valence-corrected chi connectivity index (χ3v) is 10.3. The van der Waals surface area contributed by atoms with Crippen molar-refractivity contribution in [2.75, 3.05) is 13.2 Å². The highest BCUT2D eigenvalue weighted by Crippen LogP contribution is 2.22. The van der Waals surface area contributed by atoms with E-state index in [2.05, 4.69) is 31.3 Å². The molecule has 1 aliphatic heterocycles. The number of nitrogens with one attached hydrogen (secondary N) is 1. The second kappa shape index (κ2) is 34.2. The molecule has 0 radical (unpaired) electrons. The van der Waals surface area contributed by atoms with Crippen LogP contribution in [0.2, 0.25) is 0 Å². The molecule has 0 aromatic carbocycles. The van der Waals surface area contributed by atoms with Gasteiger partial charge in [0.15, 0.2) is 6.29 Å². The molecule has 1 rings (SSSR count). The quantitative estimate of drug-likeness (QED) is 0.0281. The van der Waals surface area contributed by atoms with E-state index in [-0.39, 0.29) is 12.5 Å². The number of carbonyl (C=O) groups is 1. The van der Waals surface area contributed by atoms with Crippen LogP contribution < -0.4 is 5.32 Å². The molecule has 1 fully saturated rings. The summed E-state index contributed by atoms with van der Waals surface area (Å²) in [7, 11) is 0. The third kappa shape index (κ3) is 24.9. The molecule has 9 nitrogen and oxygen atoms in total. The Kier molecular flexibility index (Phi) is 32.0. The van der Waals surface area contributed by atoms with Gasteiger partial charge in [0.05, 0.1) is 25.4 Å². The Bertz CT molecular complexity index is 868. The van der Waals surface area contributed by atoms with Crippen LogP contribution in [0.15, 0.2) is 24.3 Å². The van der Waals surface area contributed by atoms with Gasteiger partial charge in [-0.15, -0.1) is 0 Å². The summed E-state index contributed by atoms with van der Waals surface area (Å²) in [5, 5.41) is 53.8. The second-order valence-electron chi connectivity index (χ2n) is 15.1. The first-order chi connectivity index (χ1) is 25.3. The van der Waals surface area contributed by atoms with Crippen LogP contribution in [0, 0.1) is 0 Å². The molecule has 9 heteroatoms. The maximum atomic E-state index is 12.9. The van der Waals surface area contributed by atoms with E-state index in [9.17, 15) is 30.3 Å². The summed E-state index contributed by atoms with van der Waals surface area (Å²) in [5.41, 5.74) is 0. The van der Waals surface area contributed by atoms with E-state index in [4.69, 9.17) is 9.47 Å². The van der Waals surface area contributed by atoms with Crippen LogP contribution in [0.3, 0.4) is 0 Å². The number of hydrogen-bond acceptors (Lipinski definition) is 8. The topological polar surface area (TPSA) is 149 Å². The second-order valence-corrected chi connectivity index (χ2v) is 15.1. The van der Waals surface area contributed by atoms with Gasteiger partial charge >= 0.3 is 0 Å². The predicted octanol–water partition coefficient (Wildman–Crippen LogP) is 8.33. The average molecular weight is 740 g/mol. The van der Waals surface area contributed by atoms with Gasteiger partial charge in [-0.1, -0.05) is 179 Å². The minimum Gasteiger partial charge on any atom is -0.394 e. The predicted molar refractivity (Wildman–Crippen MR) is 212 cm³/mol. The summed E-state index contributed by atoms with van der Waals surface area (Å²) in [4.78, 5) is 12.9. The van der Waals surface area contributed by atoms with Crippen molar-refractivity contribution >= 4 is 5.91 Å². The number of unbranched alkanes of at least 4 members (excludes halogenated alkanes) is 23. The van der Waals surface area contributed by atoms with Crippen LogP contribution in [0.5, 0.6) is 0 Å². The van der Waals surface area contributed by atoms with Gasteiger partial charge in [0.1, 0.15) is 24.4 Å². The summed E-state index contributed by atoms with van der Waals surface area (Å²) in [5.74, 6) is -0.188. The Morgan fingerprint density at radius 2 is 1.10 bits per heavy atom. The summed E-state index contributed by atoms with van der Waals surface area (Å²) in [6.07, 6.45) is 32.5. The van der Waals surface area contributed by atoms with Gasteiger partial charge in [-0.3, -0.25) is 4.79 Å². The monoisotopic (exact) mass is 740 g/mol. The Balaban J connectivity index is 2.26. The molecule has 0 aromatic heterocycles. The molecule has 6 N–H and O–H groups in total. The van der Waals surface area contributed by atoms with E-state index in [1.165, 1.54) is 122 Å². The molecule has 1 amide bonds. The summed E-state index contributed by atoms with van der Waals surface area (Å²) in [6, 6.07) is -0.814. The van der Waals surface area contributed by atoms with Crippen LogP contribution in [-0.2, 0) is 14.3 Å². The Morgan fingerprint density at radius 1 is 0.635 bits per heavy atom. The van der Waals surface area contributed by atoms with Gasteiger partial charge in [0.2, 0.25) is 5.91 Å². The summed E-state index contributed by atoms with van der Waals surface area (Å²) < 4.78 is 11.1. The standard InChI is InChI=1S/C43H81NO8/c1-3-5-7-9-11-13-14-15-16-17-18-19-20-21-22-23-24-25-27-29-31-33-39(47)44-36(37(46)32-30-28-26-12-10-8-6-4-2)35-51-43-42(50)41(49)40(48)38(34-45)52-43/h10,12,30,32,36-38,40-43,45-46,48-50H,3-9,11,13-29,31,33-35H2,1-2H3,(H,44,47)/b12-10+,32-30+. The summed E-state index contributed by atoms with van der Waals surface area (Å²) in [6.45, 7) is 3.68. The lowest BCUT2D eigenvalue weighted by Gasteiger charge is -2.40. The zero-order valence-corrected chi connectivity index (χ0v) is 33.3. The number of amides is 1. The van der Waals surface area contributed by atoms with Gasteiger partial charge in [-0.05, 0) is 25.7 Å². The molecular formula is C43H81NO8. The maximum Gasteiger partial charge on any atom is 0.220 e. The minimum atomic E-state index is -1.57. The SMILES string of the molecule is CCCC/C=C/CC/C=C/C(O)C(COC1OC(CO)C(O)C(O)C1O)NC(=O)CCCCCCCCCCCCCCCCCCCCCCC. The minimum absolute atomic E-state index is 0.188. The lowest BCUT2D eigenvalue weighted by Crippen LogP contribution is -2.60. The molecule has 1 heterocycles. The first-order valence-corrected chi connectivity index (χ1v) is 21.6. The Morgan fingerprint density at radius 3 is 1.60 bits per heavy atom. The maximum absolute atomic E-state index is 12.9. The fourth-order valence-corrected chi connectivity index (χ4v) is 6.75. The zero-order chi connectivity index (χ0) is 38.1. The zero-order valence-electron chi connectivity index (χ0n) is 33.3. The molecule has 306 valence electrons. The van der Waals surface area contributed by atoms with E-state index >= 15 is 0 Å². The largest absolute Gasteiger partial charge is 0.394 e. The van der Waals surface area contributed by atoms with Crippen LogP contribution in [0.1, 0.15) is 187 Å². The Hall–Kier alpha value is -1.33. The molecule has 52 heavy (non-hydrogen) atoms. The molecule has 0 bridgehead atoms. The highest BCUT2D eigenvalue weighted by Gasteiger charge is 2.44. The van der Waals surface area contributed by atoms with Crippen molar-refractivity contribution in [2.24, 2.45) is 0 Å². The van der Waals surface area contributed by atoms with Gasteiger partial charge in [-0.25, -0.2) is 0 Å². The number of hydrogen-bond donors (Lipinski definition) is 6. The first kappa shape index (κ1) is 48.7. The van der Waals surface area contributed by atoms with Crippen molar-refractivity contribution in [1.29, 1.82) is 0 Å². The number of rotatable bonds is 35. The van der Waals surface area contributed by atoms with Crippen LogP contribution in [-0.4, -0.2) is 87.5 Å². The van der Waals surface area contributed by atoms with Crippen molar-refractivity contribution in [3.63, 3.8) is 0 Å². The lowest BCUT2D eigenvalue weighted by molar-refractivity contribution is -0.302. The molecule has 7 unspecified atom stereocenters. The number of aliphatic hydroxyl groups is 5. The molecule has 7 atom stereocenters. The van der Waals surface area contributed by atoms with Crippen LogP contribution >= 0.6 is 0 Å². The smallest absolute Gasteiger partial charge is 0.220 e. The van der Waals surface area contributed by atoms with Crippen molar-refractivity contribution in [3.05, 3.63) is 24.3 Å². The highest BCUT2D eigenvalue weighted by molar-refractivity contribution is 5.76. The van der Waals surface area contributed by atoms with E-state index in [1.807, 2.05) is 6.08 Å². The fourth-order valence-electron chi connectivity index (χ4n) is 6.75.